The highest BCUT2D eigenvalue weighted by molar-refractivity contribution is 8.27. The second-order valence-corrected chi connectivity index (χ2v) is 10.8. The second kappa shape index (κ2) is 10.3. The molecule has 3 aromatic carbocycles. The number of para-hydroxylation sites is 1. The van der Waals surface area contributed by atoms with E-state index in [0.29, 0.717) is 11.1 Å². The zero-order valence-corrected chi connectivity index (χ0v) is 21.7. The molecule has 0 radical (unpaired) electrons. The van der Waals surface area contributed by atoms with Crippen molar-refractivity contribution in [3.63, 3.8) is 0 Å². The van der Waals surface area contributed by atoms with Crippen LogP contribution in [0.1, 0.15) is 11.1 Å². The molecule has 1 amide bonds. The van der Waals surface area contributed by atoms with Gasteiger partial charge in [-0.1, -0.05) is 48.2 Å². The van der Waals surface area contributed by atoms with Gasteiger partial charge in [0.25, 0.3) is 11.6 Å². The average molecular weight is 561 g/mol. The normalized spacial score (nSPS) is 14.8. The summed E-state index contributed by atoms with van der Waals surface area (Å²) < 4.78 is 50.4. The summed E-state index contributed by atoms with van der Waals surface area (Å²) in [5, 5.41) is 11.2. The van der Waals surface area contributed by atoms with Crippen LogP contribution in [0.3, 0.4) is 0 Å². The van der Waals surface area contributed by atoms with Gasteiger partial charge in [-0.05, 0) is 48.9 Å². The molecule has 3 aromatic rings. The van der Waals surface area contributed by atoms with Gasteiger partial charge in [-0.25, -0.2) is 4.39 Å². The number of carbonyl (C=O) groups is 1. The molecule has 13 heteroatoms. The number of methoxy groups -OCH3 is 1. The van der Waals surface area contributed by atoms with E-state index in [4.69, 9.17) is 21.1 Å². The van der Waals surface area contributed by atoms with Crippen LogP contribution in [0.5, 0.6) is 11.5 Å². The largest absolute Gasteiger partial charge is 0.493 e. The molecule has 1 aliphatic rings. The van der Waals surface area contributed by atoms with Crippen molar-refractivity contribution in [2.45, 2.75) is 11.8 Å². The first kappa shape index (κ1) is 26.3. The highest BCUT2D eigenvalue weighted by Gasteiger charge is 2.34. The number of nitro benzene ring substituents is 1. The van der Waals surface area contributed by atoms with Gasteiger partial charge in [0, 0.05) is 11.6 Å². The molecule has 0 unspecified atom stereocenters. The fourth-order valence-electron chi connectivity index (χ4n) is 3.41. The lowest BCUT2D eigenvalue weighted by molar-refractivity contribution is -0.385. The Hall–Kier alpha value is -3.81. The van der Waals surface area contributed by atoms with Crippen LogP contribution >= 0.6 is 24.0 Å². The highest BCUT2D eigenvalue weighted by Crippen LogP contribution is 2.38. The fourth-order valence-corrected chi connectivity index (χ4v) is 5.66. The number of hydrogen-bond donors (Lipinski definition) is 0. The summed E-state index contributed by atoms with van der Waals surface area (Å²) in [5.41, 5.74) is 0.434. The third kappa shape index (κ3) is 5.33. The second-order valence-electron chi connectivity index (χ2n) is 7.62. The molecule has 190 valence electrons. The molecule has 0 atom stereocenters. The lowest BCUT2D eigenvalue weighted by atomic mass is 10.2. The van der Waals surface area contributed by atoms with Crippen molar-refractivity contribution >= 4 is 61.8 Å². The number of ether oxygens (including phenoxy) is 1. The summed E-state index contributed by atoms with van der Waals surface area (Å²) in [5.74, 6) is -1.24. The number of anilines is 1. The molecule has 1 fully saturated rings. The first-order chi connectivity index (χ1) is 17.5. The van der Waals surface area contributed by atoms with Crippen LogP contribution in [-0.4, -0.2) is 30.7 Å². The molecular weight excluding hydrogens is 543 g/mol. The number of thioether (sulfide) groups is 1. The molecule has 0 saturated carbocycles. The first-order valence-corrected chi connectivity index (χ1v) is 13.0. The SMILES string of the molecule is COc1cc(/C=C2/SC(=S)N(c3ccccc3F)C2=O)ccc1OS(=O)(=O)c1ccc(C)c([N+](=O)[O-])c1. The molecule has 4 rings (SSSR count). The summed E-state index contributed by atoms with van der Waals surface area (Å²) >= 11 is 6.26. The number of hydrogen-bond acceptors (Lipinski definition) is 9. The maximum Gasteiger partial charge on any atom is 0.339 e. The average Bonchev–Trinajstić information content (AvgIpc) is 3.12. The van der Waals surface area contributed by atoms with Crippen LogP contribution in [0.25, 0.3) is 6.08 Å². The van der Waals surface area contributed by atoms with Crippen molar-refractivity contribution in [1.29, 1.82) is 0 Å². The zero-order valence-electron chi connectivity index (χ0n) is 19.2. The van der Waals surface area contributed by atoms with Crippen LogP contribution in [0, 0.1) is 22.9 Å². The van der Waals surface area contributed by atoms with Crippen molar-refractivity contribution in [2.24, 2.45) is 0 Å². The number of thiocarbonyl (C=S) groups is 1. The van der Waals surface area contributed by atoms with Crippen molar-refractivity contribution in [3.8, 4) is 11.5 Å². The summed E-state index contributed by atoms with van der Waals surface area (Å²) in [6.45, 7) is 1.49. The summed E-state index contributed by atoms with van der Waals surface area (Å²) in [4.78, 5) is 24.4. The van der Waals surface area contributed by atoms with E-state index in [9.17, 15) is 27.7 Å². The van der Waals surface area contributed by atoms with Crippen LogP contribution in [0.15, 0.2) is 70.5 Å². The van der Waals surface area contributed by atoms with E-state index in [1.165, 1.54) is 68.6 Å². The van der Waals surface area contributed by atoms with E-state index in [1.54, 1.807) is 6.07 Å². The Morgan fingerprint density at radius 3 is 2.51 bits per heavy atom. The van der Waals surface area contributed by atoms with E-state index < -0.39 is 31.7 Å². The summed E-state index contributed by atoms with van der Waals surface area (Å²) in [6, 6.07) is 13.5. The van der Waals surface area contributed by atoms with Crippen molar-refractivity contribution < 1.29 is 31.4 Å². The topological polar surface area (TPSA) is 116 Å². The first-order valence-electron chi connectivity index (χ1n) is 10.4. The maximum atomic E-state index is 14.2. The van der Waals surface area contributed by atoms with E-state index in [1.807, 2.05) is 0 Å². The quantitative estimate of drug-likeness (QED) is 0.126. The molecule has 9 nitrogen and oxygen atoms in total. The third-order valence-electron chi connectivity index (χ3n) is 5.24. The monoisotopic (exact) mass is 560 g/mol. The number of aryl methyl sites for hydroxylation is 1. The smallest absolute Gasteiger partial charge is 0.339 e. The van der Waals surface area contributed by atoms with E-state index >= 15 is 0 Å². The number of nitrogens with zero attached hydrogens (tertiary/aromatic N) is 2. The summed E-state index contributed by atoms with van der Waals surface area (Å²) in [7, 11) is -3.13. The molecule has 37 heavy (non-hydrogen) atoms. The highest BCUT2D eigenvalue weighted by atomic mass is 32.2. The molecule has 0 bridgehead atoms. The molecule has 1 heterocycles. The van der Waals surface area contributed by atoms with Gasteiger partial charge in [-0.3, -0.25) is 19.8 Å². The number of nitro groups is 1. The zero-order chi connectivity index (χ0) is 26.9. The number of halogens is 1. The Morgan fingerprint density at radius 2 is 1.84 bits per heavy atom. The van der Waals surface area contributed by atoms with Gasteiger partial charge in [-0.2, -0.15) is 8.42 Å². The number of benzene rings is 3. The minimum absolute atomic E-state index is 0.0310. The van der Waals surface area contributed by atoms with E-state index in [2.05, 4.69) is 0 Å². The van der Waals surface area contributed by atoms with E-state index in [0.717, 1.165) is 22.7 Å². The minimum atomic E-state index is -4.43. The Balaban J connectivity index is 1.62. The van der Waals surface area contributed by atoms with Crippen LogP contribution in [0.2, 0.25) is 0 Å². The molecular formula is C24H17FN2O7S3. The van der Waals surface area contributed by atoms with Crippen LogP contribution < -0.4 is 13.8 Å². The fraction of sp³-hybridized carbons (Fsp3) is 0.0833. The third-order valence-corrected chi connectivity index (χ3v) is 7.77. The van der Waals surface area contributed by atoms with E-state index in [-0.39, 0.29) is 32.1 Å². The Bertz CT molecular complexity index is 1590. The van der Waals surface area contributed by atoms with Gasteiger partial charge < -0.3 is 8.92 Å². The number of rotatable bonds is 7. The molecule has 0 N–H and O–H groups in total. The Kier molecular flexibility index (Phi) is 7.30. The predicted octanol–water partition coefficient (Wildman–Crippen LogP) is 5.22. The molecule has 1 saturated heterocycles. The molecule has 0 aromatic heterocycles. The van der Waals surface area contributed by atoms with Gasteiger partial charge in [-0.15, -0.1) is 0 Å². The Labute approximate surface area is 220 Å². The predicted molar refractivity (Wildman–Crippen MR) is 141 cm³/mol. The molecule has 0 aliphatic carbocycles. The van der Waals surface area contributed by atoms with Gasteiger partial charge in [0.2, 0.25) is 0 Å². The minimum Gasteiger partial charge on any atom is -0.493 e. The summed E-state index contributed by atoms with van der Waals surface area (Å²) in [6.07, 6.45) is 1.50. The lowest BCUT2D eigenvalue weighted by Crippen LogP contribution is -2.28. The Morgan fingerprint density at radius 1 is 1.11 bits per heavy atom. The van der Waals surface area contributed by atoms with Gasteiger partial charge in [0.15, 0.2) is 15.8 Å². The maximum absolute atomic E-state index is 14.2. The van der Waals surface area contributed by atoms with Crippen molar-refractivity contribution in [1.82, 2.24) is 0 Å². The molecule has 0 spiro atoms. The standard InChI is InChI=1S/C24H17FN2O7S3/c1-14-7-9-16(13-19(14)27(29)30)37(31,32)34-20-10-8-15(11-21(20)33-2)12-22-23(28)26(24(35)36-22)18-6-4-3-5-17(18)25/h3-13H,1-2H3/b22-12+. The van der Waals surface area contributed by atoms with Crippen molar-refractivity contribution in [2.75, 3.05) is 12.0 Å². The van der Waals surface area contributed by atoms with Crippen molar-refractivity contribution in [3.05, 3.63) is 92.6 Å². The van der Waals surface area contributed by atoms with Crippen LogP contribution in [-0.2, 0) is 14.9 Å². The number of amides is 1. The molecule has 1 aliphatic heterocycles. The lowest BCUT2D eigenvalue weighted by Gasteiger charge is -2.15. The van der Waals surface area contributed by atoms with Gasteiger partial charge in [0.05, 0.1) is 22.6 Å². The van der Waals surface area contributed by atoms with Gasteiger partial charge >= 0.3 is 10.1 Å². The number of carbonyl (C=O) groups excluding carboxylic acids is 1. The van der Waals surface area contributed by atoms with Crippen LogP contribution in [0.4, 0.5) is 15.8 Å². The van der Waals surface area contributed by atoms with Gasteiger partial charge in [0.1, 0.15) is 10.7 Å².